The van der Waals surface area contributed by atoms with Gasteiger partial charge in [-0.25, -0.2) is 4.79 Å². The van der Waals surface area contributed by atoms with Crippen LogP contribution in [0.2, 0.25) is 0 Å². The van der Waals surface area contributed by atoms with Gasteiger partial charge in [0.15, 0.2) is 0 Å². The molecule has 0 bridgehead atoms. The first-order chi connectivity index (χ1) is 12.4. The summed E-state index contributed by atoms with van der Waals surface area (Å²) in [5, 5.41) is 12.5. The number of aromatic amines is 1. The molecule has 0 saturated heterocycles. The number of nitrogens with one attached hydrogen (secondary N) is 2. The van der Waals surface area contributed by atoms with Crippen molar-refractivity contribution in [2.75, 3.05) is 0 Å². The molecular weight excluding hydrogens is 400 g/mol. The predicted octanol–water partition coefficient (Wildman–Crippen LogP) is 2.85. The Morgan fingerprint density at radius 3 is 2.54 bits per heavy atom. The zero-order chi connectivity index (χ0) is 18.7. The second kappa shape index (κ2) is 7.53. The number of benzene rings is 2. The van der Waals surface area contributed by atoms with Gasteiger partial charge in [-0.2, -0.15) is 0 Å². The molecule has 3 aromatic rings. The average molecular weight is 415 g/mol. The molecule has 6 nitrogen and oxygen atoms in total. The Labute approximate surface area is 157 Å². The van der Waals surface area contributed by atoms with Crippen LogP contribution in [0.5, 0.6) is 0 Å². The number of amides is 1. The first kappa shape index (κ1) is 17.9. The first-order valence-corrected chi connectivity index (χ1v) is 8.62. The lowest BCUT2D eigenvalue weighted by Gasteiger charge is -2.10. The van der Waals surface area contributed by atoms with Crippen LogP contribution in [0.4, 0.5) is 0 Å². The lowest BCUT2D eigenvalue weighted by molar-refractivity contribution is -0.120. The summed E-state index contributed by atoms with van der Waals surface area (Å²) >= 11 is 3.37. The fourth-order valence-corrected chi connectivity index (χ4v) is 3.21. The Hall–Kier alpha value is -2.93. The van der Waals surface area contributed by atoms with Crippen molar-refractivity contribution in [3.8, 4) is 0 Å². The molecule has 0 radical (unpaired) electrons. The van der Waals surface area contributed by atoms with Gasteiger partial charge in [0.1, 0.15) is 5.56 Å². The number of H-pyrrole nitrogens is 1. The maximum absolute atomic E-state index is 12.1. The number of fused-ring (bicyclic) bond motifs is 1. The lowest BCUT2D eigenvalue weighted by Crippen LogP contribution is -2.25. The largest absolute Gasteiger partial charge is 0.477 e. The number of carbonyl (C=O) groups is 2. The standard InChI is InChI=1S/C19H15BrN2O4/c20-14-7-12-9-15(19(25)26)18(24)22-17(12)13(8-14)10-21-16(23)6-11-4-2-1-3-5-11/h1-5,7-9H,6,10H2,(H,21,23)(H,22,24)(H,25,26). The second-order valence-corrected chi connectivity index (χ2v) is 6.70. The van der Waals surface area contributed by atoms with Gasteiger partial charge < -0.3 is 15.4 Å². The Morgan fingerprint density at radius 1 is 1.12 bits per heavy atom. The third-order valence-corrected chi connectivity index (χ3v) is 4.37. The average Bonchev–Trinajstić information content (AvgIpc) is 2.60. The van der Waals surface area contributed by atoms with E-state index < -0.39 is 11.5 Å². The number of hydrogen-bond donors (Lipinski definition) is 3. The minimum atomic E-state index is -1.29. The molecule has 132 valence electrons. The number of hydrogen-bond acceptors (Lipinski definition) is 3. The van der Waals surface area contributed by atoms with Crippen LogP contribution in [0.1, 0.15) is 21.5 Å². The van der Waals surface area contributed by atoms with E-state index in [0.717, 1.165) is 10.0 Å². The van der Waals surface area contributed by atoms with Crippen molar-refractivity contribution in [3.63, 3.8) is 0 Å². The molecule has 3 rings (SSSR count). The predicted molar refractivity (Wildman–Crippen MR) is 101 cm³/mol. The maximum Gasteiger partial charge on any atom is 0.341 e. The molecule has 0 atom stereocenters. The van der Waals surface area contributed by atoms with Crippen LogP contribution in [-0.4, -0.2) is 22.0 Å². The fourth-order valence-electron chi connectivity index (χ4n) is 2.69. The molecule has 0 aliphatic carbocycles. The molecule has 0 spiro atoms. The summed E-state index contributed by atoms with van der Waals surface area (Å²) in [5.41, 5.74) is 1.09. The van der Waals surface area contributed by atoms with E-state index in [1.807, 2.05) is 30.3 Å². The minimum absolute atomic E-state index is 0.145. The van der Waals surface area contributed by atoms with Crippen LogP contribution >= 0.6 is 15.9 Å². The van der Waals surface area contributed by atoms with Crippen LogP contribution in [0.15, 0.2) is 57.8 Å². The van der Waals surface area contributed by atoms with Crippen molar-refractivity contribution >= 4 is 38.7 Å². The number of pyridine rings is 1. The highest BCUT2D eigenvalue weighted by molar-refractivity contribution is 9.10. The summed E-state index contributed by atoms with van der Waals surface area (Å²) < 4.78 is 0.723. The van der Waals surface area contributed by atoms with Crippen molar-refractivity contribution in [2.45, 2.75) is 13.0 Å². The number of carboxylic acids is 1. The summed E-state index contributed by atoms with van der Waals surface area (Å²) in [5.74, 6) is -1.43. The van der Waals surface area contributed by atoms with E-state index >= 15 is 0 Å². The molecule has 3 N–H and O–H groups in total. The normalized spacial score (nSPS) is 10.7. The van der Waals surface area contributed by atoms with Gasteiger partial charge in [-0.05, 0) is 29.3 Å². The first-order valence-electron chi connectivity index (χ1n) is 7.83. The SMILES string of the molecule is O=C(Cc1ccccc1)NCc1cc(Br)cc2cc(C(=O)O)c(=O)[nH]c12. The minimum Gasteiger partial charge on any atom is -0.477 e. The van der Waals surface area contributed by atoms with E-state index in [4.69, 9.17) is 5.11 Å². The van der Waals surface area contributed by atoms with Crippen molar-refractivity contribution in [1.29, 1.82) is 0 Å². The quantitative estimate of drug-likeness (QED) is 0.597. The van der Waals surface area contributed by atoms with Crippen LogP contribution in [0, 0.1) is 0 Å². The summed E-state index contributed by atoms with van der Waals surface area (Å²) in [4.78, 5) is 37.8. The Morgan fingerprint density at radius 2 is 1.85 bits per heavy atom. The summed E-state index contributed by atoms with van der Waals surface area (Å²) in [7, 11) is 0. The third kappa shape index (κ3) is 4.00. The van der Waals surface area contributed by atoms with Gasteiger partial charge in [0.05, 0.1) is 11.9 Å². The zero-order valence-electron chi connectivity index (χ0n) is 13.6. The highest BCUT2D eigenvalue weighted by Crippen LogP contribution is 2.22. The van der Waals surface area contributed by atoms with E-state index in [1.54, 1.807) is 12.1 Å². The maximum atomic E-state index is 12.1. The molecule has 1 aromatic heterocycles. The smallest absolute Gasteiger partial charge is 0.341 e. The molecule has 7 heteroatoms. The molecule has 1 amide bonds. The number of aromatic nitrogens is 1. The molecule has 0 aliphatic heterocycles. The number of rotatable bonds is 5. The highest BCUT2D eigenvalue weighted by atomic mass is 79.9. The molecule has 2 aromatic carbocycles. The molecule has 1 heterocycles. The van der Waals surface area contributed by atoms with E-state index in [0.29, 0.717) is 16.5 Å². The van der Waals surface area contributed by atoms with E-state index in [9.17, 15) is 14.4 Å². The number of aromatic carboxylic acids is 1. The van der Waals surface area contributed by atoms with E-state index in [2.05, 4.69) is 26.2 Å². The monoisotopic (exact) mass is 414 g/mol. The number of carboxylic acid groups (broad SMARTS) is 1. The molecule has 0 aliphatic rings. The highest BCUT2D eigenvalue weighted by Gasteiger charge is 2.13. The second-order valence-electron chi connectivity index (χ2n) is 5.79. The van der Waals surface area contributed by atoms with Gasteiger partial charge >= 0.3 is 5.97 Å². The van der Waals surface area contributed by atoms with E-state index in [1.165, 1.54) is 6.07 Å². The van der Waals surface area contributed by atoms with Gasteiger partial charge in [0.25, 0.3) is 5.56 Å². The molecule has 0 fully saturated rings. The molecule has 0 unspecified atom stereocenters. The Kier molecular flexibility index (Phi) is 5.18. The van der Waals surface area contributed by atoms with Crippen molar-refractivity contribution in [1.82, 2.24) is 10.3 Å². The number of carbonyl (C=O) groups excluding carboxylic acids is 1. The van der Waals surface area contributed by atoms with Crippen LogP contribution in [-0.2, 0) is 17.8 Å². The Balaban J connectivity index is 1.85. The fraction of sp³-hybridized carbons (Fsp3) is 0.105. The van der Waals surface area contributed by atoms with Gasteiger partial charge in [-0.1, -0.05) is 46.3 Å². The van der Waals surface area contributed by atoms with Crippen molar-refractivity contribution < 1.29 is 14.7 Å². The van der Waals surface area contributed by atoms with Crippen LogP contribution < -0.4 is 10.9 Å². The van der Waals surface area contributed by atoms with Crippen LogP contribution in [0.25, 0.3) is 10.9 Å². The molecular formula is C19H15BrN2O4. The van der Waals surface area contributed by atoms with E-state index in [-0.39, 0.29) is 24.4 Å². The molecule has 0 saturated carbocycles. The van der Waals surface area contributed by atoms with Crippen molar-refractivity contribution in [3.05, 3.63) is 80.0 Å². The van der Waals surface area contributed by atoms with Crippen LogP contribution in [0.3, 0.4) is 0 Å². The van der Waals surface area contributed by atoms with Crippen molar-refractivity contribution in [2.24, 2.45) is 0 Å². The summed E-state index contributed by atoms with van der Waals surface area (Å²) in [6.07, 6.45) is 0.256. The van der Waals surface area contributed by atoms with Gasteiger partial charge in [-0.15, -0.1) is 0 Å². The van der Waals surface area contributed by atoms with Gasteiger partial charge in [-0.3, -0.25) is 9.59 Å². The zero-order valence-corrected chi connectivity index (χ0v) is 15.2. The third-order valence-electron chi connectivity index (χ3n) is 3.91. The summed E-state index contributed by atoms with van der Waals surface area (Å²) in [6, 6.07) is 14.2. The summed E-state index contributed by atoms with van der Waals surface area (Å²) in [6.45, 7) is 0.212. The number of halogens is 1. The Bertz CT molecular complexity index is 1040. The topological polar surface area (TPSA) is 99.3 Å². The van der Waals surface area contributed by atoms with Gasteiger partial charge in [0.2, 0.25) is 5.91 Å². The van der Waals surface area contributed by atoms with Gasteiger partial charge in [0, 0.05) is 16.4 Å². The lowest BCUT2D eigenvalue weighted by atomic mass is 10.1. The molecule has 26 heavy (non-hydrogen) atoms.